The van der Waals surface area contributed by atoms with Gasteiger partial charge < -0.3 is 20.7 Å². The number of pyridine rings is 1. The minimum Gasteiger partial charge on any atom is -0.465 e. The van der Waals surface area contributed by atoms with Crippen molar-refractivity contribution in [1.29, 1.82) is 0 Å². The van der Waals surface area contributed by atoms with Gasteiger partial charge in [-0.25, -0.2) is 15.0 Å². The Kier molecular flexibility index (Phi) is 7.23. The number of fused-ring (bicyclic) bond motifs is 1. The third-order valence-corrected chi connectivity index (χ3v) is 6.16. The summed E-state index contributed by atoms with van der Waals surface area (Å²) >= 11 is 0. The van der Waals surface area contributed by atoms with E-state index in [0.717, 1.165) is 43.4 Å². The molecule has 2 aromatic rings. The van der Waals surface area contributed by atoms with Crippen molar-refractivity contribution in [3.8, 4) is 0 Å². The van der Waals surface area contributed by atoms with Crippen LogP contribution in [0.4, 0.5) is 11.8 Å². The molecule has 0 saturated carbocycles. The van der Waals surface area contributed by atoms with Crippen LogP contribution in [0.2, 0.25) is 0 Å². The number of nitrogens with one attached hydrogen (secondary N) is 3. The summed E-state index contributed by atoms with van der Waals surface area (Å²) in [6.45, 7) is 9.23. The quantitative estimate of drug-likeness (QED) is 0.525. The monoisotopic (exact) mass is 450 g/mol. The van der Waals surface area contributed by atoms with E-state index in [1.807, 2.05) is 43.5 Å². The number of hydrogen-bond donors (Lipinski definition) is 3. The summed E-state index contributed by atoms with van der Waals surface area (Å²) in [5.74, 6) is 1.57. The van der Waals surface area contributed by atoms with Crippen LogP contribution in [0.3, 0.4) is 0 Å². The molecule has 1 atom stereocenters. The molecule has 2 aliphatic rings. The van der Waals surface area contributed by atoms with E-state index in [4.69, 9.17) is 14.7 Å². The lowest BCUT2D eigenvalue weighted by Crippen LogP contribution is -2.37. The van der Waals surface area contributed by atoms with Crippen molar-refractivity contribution in [1.82, 2.24) is 20.3 Å². The number of piperidine rings is 1. The Morgan fingerprint density at radius 1 is 1.27 bits per heavy atom. The summed E-state index contributed by atoms with van der Waals surface area (Å²) in [5, 5.41) is 11.1. The summed E-state index contributed by atoms with van der Waals surface area (Å²) in [7, 11) is 0. The predicted molar refractivity (Wildman–Crippen MR) is 131 cm³/mol. The molecule has 1 saturated heterocycles. The number of carbonyl (C=O) groups excluding carboxylic acids is 1. The predicted octanol–water partition coefficient (Wildman–Crippen LogP) is 3.57. The van der Waals surface area contributed by atoms with Gasteiger partial charge in [0.15, 0.2) is 5.82 Å². The standard InChI is InChI=1S/C25H34N6O2/c1-4-33-23(32)25(10-6-5-7-11-25)20-14-19-16-28-24(27-15-18-8-12-26-13-9-18)31-21(19)22(30-20)29-17(2)3/h5-7,10,14,16-18,26H,4,8-9,11-13,15H2,1-3H3,(H,29,30)(H,27,28,31)/t25-/m0/s1. The number of esters is 1. The zero-order valence-corrected chi connectivity index (χ0v) is 19.7. The average Bonchev–Trinajstić information content (AvgIpc) is 2.83. The molecule has 176 valence electrons. The fourth-order valence-corrected chi connectivity index (χ4v) is 4.37. The molecule has 2 aromatic heterocycles. The Bertz CT molecular complexity index is 1040. The summed E-state index contributed by atoms with van der Waals surface area (Å²) in [4.78, 5) is 27.3. The molecule has 1 aliphatic heterocycles. The molecule has 3 heterocycles. The molecule has 0 radical (unpaired) electrons. The lowest BCUT2D eigenvalue weighted by molar-refractivity contribution is -0.148. The van der Waals surface area contributed by atoms with Crippen molar-refractivity contribution in [3.05, 3.63) is 42.3 Å². The van der Waals surface area contributed by atoms with Gasteiger partial charge in [0.1, 0.15) is 10.9 Å². The van der Waals surface area contributed by atoms with Gasteiger partial charge in [0, 0.05) is 24.2 Å². The van der Waals surface area contributed by atoms with Crippen LogP contribution in [0.25, 0.3) is 10.9 Å². The van der Waals surface area contributed by atoms with Gasteiger partial charge in [-0.3, -0.25) is 4.79 Å². The smallest absolute Gasteiger partial charge is 0.322 e. The van der Waals surface area contributed by atoms with E-state index < -0.39 is 5.41 Å². The summed E-state index contributed by atoms with van der Waals surface area (Å²) in [6, 6.07) is 2.06. The van der Waals surface area contributed by atoms with Crippen molar-refractivity contribution in [3.63, 3.8) is 0 Å². The van der Waals surface area contributed by atoms with E-state index in [2.05, 4.69) is 34.8 Å². The summed E-state index contributed by atoms with van der Waals surface area (Å²) in [5.41, 5.74) is 0.416. The molecule has 0 amide bonds. The van der Waals surface area contributed by atoms with Crippen LogP contribution < -0.4 is 16.0 Å². The molecule has 3 N–H and O–H groups in total. The van der Waals surface area contributed by atoms with E-state index >= 15 is 0 Å². The molecule has 0 bridgehead atoms. The number of nitrogens with zero attached hydrogens (tertiary/aromatic N) is 3. The van der Waals surface area contributed by atoms with Gasteiger partial charge in [-0.05, 0) is 65.1 Å². The highest BCUT2D eigenvalue weighted by Gasteiger charge is 2.41. The van der Waals surface area contributed by atoms with Gasteiger partial charge in [-0.2, -0.15) is 0 Å². The second-order valence-corrected chi connectivity index (χ2v) is 9.04. The number of allylic oxidation sites excluding steroid dienone is 3. The molecule has 0 unspecified atom stereocenters. The molecule has 8 heteroatoms. The Morgan fingerprint density at radius 2 is 2.09 bits per heavy atom. The van der Waals surface area contributed by atoms with Gasteiger partial charge in [0.2, 0.25) is 5.95 Å². The maximum absolute atomic E-state index is 13.1. The first-order valence-corrected chi connectivity index (χ1v) is 11.9. The zero-order valence-electron chi connectivity index (χ0n) is 19.7. The topological polar surface area (TPSA) is 101 Å². The van der Waals surface area contributed by atoms with Gasteiger partial charge in [0.25, 0.3) is 0 Å². The first-order valence-electron chi connectivity index (χ1n) is 11.9. The Balaban J connectivity index is 1.70. The number of hydrogen-bond acceptors (Lipinski definition) is 8. The van der Waals surface area contributed by atoms with E-state index in [-0.39, 0.29) is 12.0 Å². The Morgan fingerprint density at radius 3 is 2.79 bits per heavy atom. The third kappa shape index (κ3) is 5.16. The molecular formula is C25H34N6O2. The van der Waals surface area contributed by atoms with E-state index in [0.29, 0.717) is 36.4 Å². The summed E-state index contributed by atoms with van der Waals surface area (Å²) < 4.78 is 5.45. The van der Waals surface area contributed by atoms with Crippen molar-refractivity contribution in [2.75, 3.05) is 36.9 Å². The highest BCUT2D eigenvalue weighted by molar-refractivity contribution is 5.92. The number of aromatic nitrogens is 3. The maximum Gasteiger partial charge on any atom is 0.322 e. The van der Waals surface area contributed by atoms with Gasteiger partial charge in [0.05, 0.1) is 12.3 Å². The first kappa shape index (κ1) is 23.2. The van der Waals surface area contributed by atoms with Crippen LogP contribution in [-0.2, 0) is 14.9 Å². The molecule has 0 aromatic carbocycles. The van der Waals surface area contributed by atoms with Crippen LogP contribution in [-0.4, -0.2) is 53.2 Å². The fourth-order valence-electron chi connectivity index (χ4n) is 4.37. The van der Waals surface area contributed by atoms with E-state index in [1.165, 1.54) is 0 Å². The van der Waals surface area contributed by atoms with Gasteiger partial charge in [-0.1, -0.05) is 24.3 Å². The van der Waals surface area contributed by atoms with Crippen molar-refractivity contribution in [2.45, 2.75) is 51.5 Å². The molecule has 4 rings (SSSR count). The number of anilines is 2. The lowest BCUT2D eigenvalue weighted by atomic mass is 9.78. The third-order valence-electron chi connectivity index (χ3n) is 6.16. The van der Waals surface area contributed by atoms with Crippen LogP contribution in [0, 0.1) is 5.92 Å². The van der Waals surface area contributed by atoms with E-state index in [9.17, 15) is 4.79 Å². The highest BCUT2D eigenvalue weighted by Crippen LogP contribution is 2.36. The zero-order chi connectivity index (χ0) is 23.3. The van der Waals surface area contributed by atoms with Crippen LogP contribution in [0.1, 0.15) is 45.7 Å². The van der Waals surface area contributed by atoms with Gasteiger partial charge >= 0.3 is 5.97 Å². The van der Waals surface area contributed by atoms with Crippen LogP contribution in [0.5, 0.6) is 0 Å². The molecular weight excluding hydrogens is 416 g/mol. The number of carbonyl (C=O) groups is 1. The maximum atomic E-state index is 13.1. The SMILES string of the molecule is CCOC(=O)[C@@]1(c2cc3cnc(NCC4CCNCC4)nc3c(NC(C)C)n2)C=CC=CC1. The molecule has 1 fully saturated rings. The Labute approximate surface area is 195 Å². The normalized spacial score (nSPS) is 20.8. The molecule has 8 nitrogen and oxygen atoms in total. The van der Waals surface area contributed by atoms with Crippen molar-refractivity contribution >= 4 is 28.6 Å². The molecule has 1 aliphatic carbocycles. The number of rotatable bonds is 8. The molecule has 0 spiro atoms. The van der Waals surface area contributed by atoms with Crippen molar-refractivity contribution in [2.24, 2.45) is 5.92 Å². The second-order valence-electron chi connectivity index (χ2n) is 9.04. The van der Waals surface area contributed by atoms with Crippen molar-refractivity contribution < 1.29 is 9.53 Å². The Hall–Kier alpha value is -3.00. The number of ether oxygens (including phenoxy) is 1. The fraction of sp³-hybridized carbons (Fsp3) is 0.520. The summed E-state index contributed by atoms with van der Waals surface area (Å²) in [6.07, 6.45) is 12.3. The van der Waals surface area contributed by atoms with Gasteiger partial charge in [-0.15, -0.1) is 0 Å². The highest BCUT2D eigenvalue weighted by atomic mass is 16.5. The first-order chi connectivity index (χ1) is 16.0. The van der Waals surface area contributed by atoms with Crippen LogP contribution >= 0.6 is 0 Å². The largest absolute Gasteiger partial charge is 0.465 e. The van der Waals surface area contributed by atoms with E-state index in [1.54, 1.807) is 0 Å². The lowest BCUT2D eigenvalue weighted by Gasteiger charge is -2.29. The molecule has 33 heavy (non-hydrogen) atoms. The minimum atomic E-state index is -0.960. The van der Waals surface area contributed by atoms with Crippen LogP contribution in [0.15, 0.2) is 36.6 Å². The minimum absolute atomic E-state index is 0.150. The second kappa shape index (κ2) is 10.3. The average molecular weight is 451 g/mol.